The molecule has 0 bridgehead atoms. The number of rotatable bonds is 3. The second kappa shape index (κ2) is 4.52. The van der Waals surface area contributed by atoms with Crippen LogP contribution in [-0.4, -0.2) is 29.5 Å². The van der Waals surface area contributed by atoms with Gasteiger partial charge in [0.15, 0.2) is 0 Å². The quantitative estimate of drug-likeness (QED) is 0.770. The summed E-state index contributed by atoms with van der Waals surface area (Å²) in [5, 5.41) is 11.0. The maximum Gasteiger partial charge on any atom is 0.230 e. The molecule has 0 amide bonds. The second-order valence-electron chi connectivity index (χ2n) is 3.51. The van der Waals surface area contributed by atoms with Crippen LogP contribution in [0.5, 0.6) is 0 Å². The molecule has 1 N–H and O–H groups in total. The molecule has 5 heteroatoms. The molecule has 1 aliphatic rings. The zero-order valence-electron chi connectivity index (χ0n) is 8.32. The predicted molar refractivity (Wildman–Crippen MR) is 49.7 cm³/mol. The van der Waals surface area contributed by atoms with Crippen molar-refractivity contribution >= 4 is 0 Å². The second-order valence-corrected chi connectivity index (χ2v) is 3.51. The van der Waals surface area contributed by atoms with Crippen molar-refractivity contribution in [1.29, 1.82) is 0 Å². The number of hydrogen-bond donors (Lipinski definition) is 1. The molecule has 5 nitrogen and oxygen atoms in total. The fourth-order valence-electron chi connectivity index (χ4n) is 1.54. The fraction of sp³-hybridized carbons (Fsp3) is 0.778. The Labute approximate surface area is 82.8 Å². The first kappa shape index (κ1) is 9.61. The Balaban J connectivity index is 1.76. The van der Waals surface area contributed by atoms with Crippen molar-refractivity contribution in [3.05, 3.63) is 11.8 Å². The Hall–Kier alpha value is -0.940. The molecule has 0 radical (unpaired) electrons. The molecule has 1 aliphatic heterocycles. The topological polar surface area (TPSA) is 60.2 Å². The molecule has 1 atom stereocenters. The van der Waals surface area contributed by atoms with E-state index in [0.717, 1.165) is 26.1 Å². The number of aryl methyl sites for hydroxylation is 1. The van der Waals surface area contributed by atoms with Gasteiger partial charge in [-0.2, -0.15) is 0 Å². The van der Waals surface area contributed by atoms with Crippen molar-refractivity contribution in [2.45, 2.75) is 32.4 Å². The minimum absolute atomic E-state index is 0.427. The van der Waals surface area contributed by atoms with Gasteiger partial charge in [0.1, 0.15) is 0 Å². The lowest BCUT2D eigenvalue weighted by molar-refractivity contribution is 0.0691. The van der Waals surface area contributed by atoms with Crippen LogP contribution in [0, 0.1) is 6.92 Å². The Morgan fingerprint density at radius 2 is 2.43 bits per heavy atom. The molecular formula is C9H15N3O2. The van der Waals surface area contributed by atoms with E-state index in [4.69, 9.17) is 9.15 Å². The third-order valence-corrected chi connectivity index (χ3v) is 2.27. The Morgan fingerprint density at radius 3 is 3.07 bits per heavy atom. The summed E-state index contributed by atoms with van der Waals surface area (Å²) >= 11 is 0. The van der Waals surface area contributed by atoms with Crippen LogP contribution in [-0.2, 0) is 11.3 Å². The molecule has 1 fully saturated rings. The van der Waals surface area contributed by atoms with E-state index in [9.17, 15) is 0 Å². The number of aromatic nitrogens is 2. The van der Waals surface area contributed by atoms with Gasteiger partial charge >= 0.3 is 0 Å². The first-order chi connectivity index (χ1) is 6.84. The summed E-state index contributed by atoms with van der Waals surface area (Å²) in [6.45, 7) is 4.10. The third-order valence-electron chi connectivity index (χ3n) is 2.27. The number of hydrogen-bond acceptors (Lipinski definition) is 5. The van der Waals surface area contributed by atoms with Crippen molar-refractivity contribution in [1.82, 2.24) is 15.5 Å². The molecule has 14 heavy (non-hydrogen) atoms. The van der Waals surface area contributed by atoms with Crippen molar-refractivity contribution < 1.29 is 9.15 Å². The van der Waals surface area contributed by atoms with Crippen molar-refractivity contribution in [3.63, 3.8) is 0 Å². The Bertz CT molecular complexity index is 281. The van der Waals surface area contributed by atoms with Gasteiger partial charge in [-0.15, -0.1) is 10.2 Å². The molecular weight excluding hydrogens is 182 g/mol. The molecule has 0 aliphatic carbocycles. The predicted octanol–water partition coefficient (Wildman–Crippen LogP) is 0.647. The van der Waals surface area contributed by atoms with Crippen LogP contribution < -0.4 is 5.32 Å². The van der Waals surface area contributed by atoms with Gasteiger partial charge in [0, 0.05) is 19.6 Å². The van der Waals surface area contributed by atoms with Gasteiger partial charge in [-0.05, 0) is 12.8 Å². The highest BCUT2D eigenvalue weighted by Gasteiger charge is 2.13. The normalized spacial score (nSPS) is 22.5. The lowest BCUT2D eigenvalue weighted by Gasteiger charge is -2.22. The zero-order valence-corrected chi connectivity index (χ0v) is 8.32. The fourth-order valence-corrected chi connectivity index (χ4v) is 1.54. The van der Waals surface area contributed by atoms with Gasteiger partial charge in [-0.25, -0.2) is 0 Å². The van der Waals surface area contributed by atoms with E-state index in [2.05, 4.69) is 15.5 Å². The first-order valence-corrected chi connectivity index (χ1v) is 4.95. The summed E-state index contributed by atoms with van der Waals surface area (Å²) in [7, 11) is 0. The van der Waals surface area contributed by atoms with Crippen LogP contribution in [0.3, 0.4) is 0 Å². The average Bonchev–Trinajstić information content (AvgIpc) is 2.63. The van der Waals surface area contributed by atoms with Gasteiger partial charge in [-0.3, -0.25) is 0 Å². The molecule has 1 saturated heterocycles. The van der Waals surface area contributed by atoms with Crippen molar-refractivity contribution in [2.24, 2.45) is 0 Å². The molecule has 78 valence electrons. The summed E-state index contributed by atoms with van der Waals surface area (Å²) in [5.74, 6) is 1.26. The van der Waals surface area contributed by atoms with Gasteiger partial charge in [0.05, 0.1) is 13.2 Å². The van der Waals surface area contributed by atoms with E-state index in [1.165, 1.54) is 0 Å². The Kier molecular flexibility index (Phi) is 3.10. The van der Waals surface area contributed by atoms with Crippen LogP contribution in [0.1, 0.15) is 24.6 Å². The Morgan fingerprint density at radius 1 is 1.50 bits per heavy atom. The van der Waals surface area contributed by atoms with Crippen LogP contribution in [0.25, 0.3) is 0 Å². The highest BCUT2D eigenvalue weighted by molar-refractivity contribution is 4.80. The van der Waals surface area contributed by atoms with Gasteiger partial charge in [0.2, 0.25) is 11.8 Å². The molecule has 0 saturated carbocycles. The molecule has 0 spiro atoms. The molecule has 0 aromatic carbocycles. The minimum atomic E-state index is 0.427. The van der Waals surface area contributed by atoms with E-state index < -0.39 is 0 Å². The first-order valence-electron chi connectivity index (χ1n) is 4.95. The highest BCUT2D eigenvalue weighted by atomic mass is 16.5. The van der Waals surface area contributed by atoms with Crippen LogP contribution >= 0.6 is 0 Å². The van der Waals surface area contributed by atoms with Gasteiger partial charge in [-0.1, -0.05) is 0 Å². The zero-order chi connectivity index (χ0) is 9.80. The van der Waals surface area contributed by atoms with E-state index in [1.807, 2.05) is 0 Å². The standard InChI is InChI=1S/C9H15N3O2/c1-7-11-12-9(14-7)5-10-8-3-2-4-13-6-8/h8,10H,2-6H2,1H3. The van der Waals surface area contributed by atoms with E-state index >= 15 is 0 Å². The maximum absolute atomic E-state index is 5.35. The largest absolute Gasteiger partial charge is 0.424 e. The summed E-state index contributed by atoms with van der Waals surface area (Å²) in [6, 6.07) is 0.427. The van der Waals surface area contributed by atoms with Crippen molar-refractivity contribution in [2.75, 3.05) is 13.2 Å². The molecule has 1 unspecified atom stereocenters. The third kappa shape index (κ3) is 2.52. The van der Waals surface area contributed by atoms with Crippen LogP contribution in [0.15, 0.2) is 4.42 Å². The molecule has 1 aromatic heterocycles. The lowest BCUT2D eigenvalue weighted by Crippen LogP contribution is -2.36. The van der Waals surface area contributed by atoms with Crippen LogP contribution in [0.2, 0.25) is 0 Å². The summed E-state index contributed by atoms with van der Waals surface area (Å²) < 4.78 is 10.6. The monoisotopic (exact) mass is 197 g/mol. The number of nitrogens with zero attached hydrogens (tertiary/aromatic N) is 2. The van der Waals surface area contributed by atoms with Crippen LogP contribution in [0.4, 0.5) is 0 Å². The number of ether oxygens (including phenoxy) is 1. The van der Waals surface area contributed by atoms with Gasteiger partial charge < -0.3 is 14.5 Å². The lowest BCUT2D eigenvalue weighted by atomic mass is 10.1. The SMILES string of the molecule is Cc1nnc(CNC2CCCOC2)o1. The summed E-state index contributed by atoms with van der Waals surface area (Å²) in [6.07, 6.45) is 2.29. The summed E-state index contributed by atoms with van der Waals surface area (Å²) in [5.41, 5.74) is 0. The van der Waals surface area contributed by atoms with Gasteiger partial charge in [0.25, 0.3) is 0 Å². The molecule has 2 rings (SSSR count). The minimum Gasteiger partial charge on any atom is -0.424 e. The summed E-state index contributed by atoms with van der Waals surface area (Å²) in [4.78, 5) is 0. The van der Waals surface area contributed by atoms with E-state index in [1.54, 1.807) is 6.92 Å². The highest BCUT2D eigenvalue weighted by Crippen LogP contribution is 2.06. The van der Waals surface area contributed by atoms with E-state index in [0.29, 0.717) is 24.4 Å². The maximum atomic E-state index is 5.35. The smallest absolute Gasteiger partial charge is 0.230 e. The number of nitrogens with one attached hydrogen (secondary N) is 1. The average molecular weight is 197 g/mol. The molecule has 2 heterocycles. The van der Waals surface area contributed by atoms with E-state index in [-0.39, 0.29) is 0 Å². The van der Waals surface area contributed by atoms with Crippen molar-refractivity contribution in [3.8, 4) is 0 Å². The molecule has 1 aromatic rings.